The molecule has 0 unspecified atom stereocenters. The first-order valence-electron chi connectivity index (χ1n) is 10.0. The van der Waals surface area contributed by atoms with Crippen LogP contribution in [0.15, 0.2) is 30.3 Å². The quantitative estimate of drug-likeness (QED) is 0.317. The van der Waals surface area contributed by atoms with Gasteiger partial charge in [0, 0.05) is 18.6 Å². The Morgan fingerprint density at radius 3 is 2.34 bits per heavy atom. The molecule has 6 heteroatoms. The van der Waals surface area contributed by atoms with Crippen LogP contribution in [-0.2, 0) is 0 Å². The highest BCUT2D eigenvalue weighted by Gasteiger charge is 2.21. The second-order valence-corrected chi connectivity index (χ2v) is 7.76. The number of hydrogen-bond donors (Lipinski definition) is 0. The minimum Gasteiger partial charge on any atom is -0.496 e. The monoisotopic (exact) mass is 397 g/mol. The summed E-state index contributed by atoms with van der Waals surface area (Å²) in [6.45, 7) is 3.54. The molecular formula is C23H27NO5. The zero-order valence-corrected chi connectivity index (χ0v) is 17.2. The van der Waals surface area contributed by atoms with Crippen LogP contribution in [0.5, 0.6) is 17.2 Å². The molecule has 1 fully saturated rings. The largest absolute Gasteiger partial charge is 0.496 e. The Kier molecular flexibility index (Phi) is 6.52. The van der Waals surface area contributed by atoms with Gasteiger partial charge in [0.05, 0.1) is 17.6 Å². The van der Waals surface area contributed by atoms with Crippen LogP contribution in [0.4, 0.5) is 5.69 Å². The third kappa shape index (κ3) is 4.94. The predicted molar refractivity (Wildman–Crippen MR) is 111 cm³/mol. The van der Waals surface area contributed by atoms with Crippen molar-refractivity contribution in [2.24, 2.45) is 5.92 Å². The average Bonchev–Trinajstić information content (AvgIpc) is 2.71. The first-order valence-corrected chi connectivity index (χ1v) is 10.0. The molecule has 0 atom stereocenters. The van der Waals surface area contributed by atoms with Gasteiger partial charge in [-0.2, -0.15) is 0 Å². The lowest BCUT2D eigenvalue weighted by Crippen LogP contribution is -2.13. The van der Waals surface area contributed by atoms with Gasteiger partial charge in [-0.3, -0.25) is 14.9 Å². The Balaban J connectivity index is 1.85. The number of nitrogens with zero attached hydrogens (tertiary/aromatic N) is 1. The van der Waals surface area contributed by atoms with Crippen molar-refractivity contribution in [3.05, 3.63) is 57.1 Å². The van der Waals surface area contributed by atoms with E-state index in [1.807, 2.05) is 0 Å². The molecule has 6 nitrogen and oxygen atoms in total. The summed E-state index contributed by atoms with van der Waals surface area (Å²) < 4.78 is 11.4. The van der Waals surface area contributed by atoms with Crippen molar-refractivity contribution >= 4 is 11.5 Å². The predicted octanol–water partition coefficient (Wildman–Crippen LogP) is 6.17. The first-order chi connectivity index (χ1) is 13.9. The molecule has 0 spiro atoms. The summed E-state index contributed by atoms with van der Waals surface area (Å²) in [5.74, 6) is 2.11. The summed E-state index contributed by atoms with van der Waals surface area (Å²) in [5, 5.41) is 11.0. The summed E-state index contributed by atoms with van der Waals surface area (Å²) >= 11 is 0. The summed E-state index contributed by atoms with van der Waals surface area (Å²) in [6.07, 6.45) is 6.37. The number of nitro groups is 1. The molecular weight excluding hydrogens is 370 g/mol. The number of non-ortho nitro benzene ring substituents is 1. The van der Waals surface area contributed by atoms with Crippen molar-refractivity contribution < 1.29 is 19.2 Å². The fourth-order valence-corrected chi connectivity index (χ4v) is 4.04. The maximum absolute atomic E-state index is 12.9. The van der Waals surface area contributed by atoms with E-state index in [2.05, 4.69) is 0 Å². The zero-order chi connectivity index (χ0) is 21.0. The number of aryl methyl sites for hydroxylation is 2. The first kappa shape index (κ1) is 20.8. The van der Waals surface area contributed by atoms with E-state index in [0.29, 0.717) is 46.3 Å². The fourth-order valence-electron chi connectivity index (χ4n) is 4.04. The van der Waals surface area contributed by atoms with Crippen LogP contribution in [0, 0.1) is 29.9 Å². The number of rotatable bonds is 7. The number of ether oxygens (including phenoxy) is 2. The number of nitro benzene ring substituents is 1. The molecule has 0 radical (unpaired) electrons. The molecule has 0 aromatic heterocycles. The van der Waals surface area contributed by atoms with Gasteiger partial charge in [0.1, 0.15) is 17.2 Å². The van der Waals surface area contributed by atoms with Crippen molar-refractivity contribution in [3.63, 3.8) is 0 Å². The van der Waals surface area contributed by atoms with E-state index in [0.717, 1.165) is 12.8 Å². The van der Waals surface area contributed by atoms with E-state index >= 15 is 0 Å². The molecule has 0 aliphatic heterocycles. The molecule has 2 aromatic carbocycles. The standard InChI is InChI=1S/C23H27NO5/c1-15-11-18(24(26)27)12-16(2)23(15)29-19-9-10-22(28-3)20(14-19)21(25)13-17-7-5-4-6-8-17/h9-12,14,17H,4-8,13H2,1-3H3. The average molecular weight is 397 g/mol. The summed E-state index contributed by atoms with van der Waals surface area (Å²) in [6, 6.07) is 8.17. The number of Topliss-reactive ketones (excluding diaryl/α,β-unsaturated/α-hetero) is 1. The van der Waals surface area contributed by atoms with Crippen LogP contribution in [-0.4, -0.2) is 17.8 Å². The Morgan fingerprint density at radius 1 is 1.10 bits per heavy atom. The Morgan fingerprint density at radius 2 is 1.76 bits per heavy atom. The second-order valence-electron chi connectivity index (χ2n) is 7.76. The smallest absolute Gasteiger partial charge is 0.270 e. The minimum absolute atomic E-state index is 0.0328. The van der Waals surface area contributed by atoms with Gasteiger partial charge in [0.25, 0.3) is 5.69 Å². The second kappa shape index (κ2) is 9.07. The van der Waals surface area contributed by atoms with Crippen LogP contribution in [0.1, 0.15) is 60.0 Å². The highest BCUT2D eigenvalue weighted by molar-refractivity contribution is 5.99. The van der Waals surface area contributed by atoms with E-state index in [1.165, 1.54) is 31.4 Å². The SMILES string of the molecule is COc1ccc(Oc2c(C)cc([N+](=O)[O-])cc2C)cc1C(=O)CC1CCCCC1. The maximum Gasteiger partial charge on any atom is 0.270 e. The van der Waals surface area contributed by atoms with Crippen molar-refractivity contribution in [1.82, 2.24) is 0 Å². The van der Waals surface area contributed by atoms with Gasteiger partial charge in [-0.25, -0.2) is 0 Å². The number of methoxy groups -OCH3 is 1. The highest BCUT2D eigenvalue weighted by Crippen LogP contribution is 2.35. The van der Waals surface area contributed by atoms with Gasteiger partial charge >= 0.3 is 0 Å². The lowest BCUT2D eigenvalue weighted by molar-refractivity contribution is -0.385. The van der Waals surface area contributed by atoms with Crippen LogP contribution in [0.25, 0.3) is 0 Å². The van der Waals surface area contributed by atoms with E-state index in [4.69, 9.17) is 9.47 Å². The maximum atomic E-state index is 12.9. The molecule has 1 saturated carbocycles. The number of ketones is 1. The van der Waals surface area contributed by atoms with Gasteiger partial charge in [0.15, 0.2) is 5.78 Å². The lowest BCUT2D eigenvalue weighted by Gasteiger charge is -2.21. The van der Waals surface area contributed by atoms with Crippen LogP contribution < -0.4 is 9.47 Å². The molecule has 0 bridgehead atoms. The summed E-state index contributed by atoms with van der Waals surface area (Å²) in [4.78, 5) is 23.6. The summed E-state index contributed by atoms with van der Waals surface area (Å²) in [5.41, 5.74) is 1.89. The van der Waals surface area contributed by atoms with E-state index in [1.54, 1.807) is 39.2 Å². The molecule has 154 valence electrons. The van der Waals surface area contributed by atoms with Crippen molar-refractivity contribution in [2.45, 2.75) is 52.4 Å². The fraction of sp³-hybridized carbons (Fsp3) is 0.435. The Labute approximate surface area is 171 Å². The Hall–Kier alpha value is -2.89. The molecule has 0 saturated heterocycles. The lowest BCUT2D eigenvalue weighted by atomic mass is 9.84. The summed E-state index contributed by atoms with van der Waals surface area (Å²) in [7, 11) is 1.55. The number of carbonyl (C=O) groups is 1. The van der Waals surface area contributed by atoms with Crippen LogP contribution in [0.3, 0.4) is 0 Å². The van der Waals surface area contributed by atoms with Gasteiger partial charge in [-0.15, -0.1) is 0 Å². The molecule has 0 heterocycles. The minimum atomic E-state index is -0.417. The van der Waals surface area contributed by atoms with Crippen LogP contribution in [0.2, 0.25) is 0 Å². The topological polar surface area (TPSA) is 78.7 Å². The zero-order valence-electron chi connectivity index (χ0n) is 17.2. The molecule has 1 aliphatic carbocycles. The number of hydrogen-bond acceptors (Lipinski definition) is 5. The van der Waals surface area contributed by atoms with Gasteiger partial charge < -0.3 is 9.47 Å². The number of carbonyl (C=O) groups excluding carboxylic acids is 1. The third-order valence-electron chi connectivity index (χ3n) is 5.55. The number of benzene rings is 2. The molecule has 0 amide bonds. The van der Waals surface area contributed by atoms with Crippen molar-refractivity contribution in [3.8, 4) is 17.2 Å². The molecule has 2 aromatic rings. The Bertz CT molecular complexity index is 892. The third-order valence-corrected chi connectivity index (χ3v) is 5.55. The molecule has 0 N–H and O–H groups in total. The van der Waals surface area contributed by atoms with E-state index in [-0.39, 0.29) is 11.5 Å². The van der Waals surface area contributed by atoms with Crippen molar-refractivity contribution in [2.75, 3.05) is 7.11 Å². The molecule has 3 rings (SSSR count). The van der Waals surface area contributed by atoms with E-state index < -0.39 is 4.92 Å². The van der Waals surface area contributed by atoms with Gasteiger partial charge in [-0.1, -0.05) is 32.1 Å². The normalized spacial score (nSPS) is 14.4. The van der Waals surface area contributed by atoms with Gasteiger partial charge in [-0.05, 0) is 49.1 Å². The highest BCUT2D eigenvalue weighted by atomic mass is 16.6. The van der Waals surface area contributed by atoms with Crippen molar-refractivity contribution in [1.29, 1.82) is 0 Å². The molecule has 29 heavy (non-hydrogen) atoms. The van der Waals surface area contributed by atoms with Crippen LogP contribution >= 0.6 is 0 Å². The molecule has 1 aliphatic rings. The van der Waals surface area contributed by atoms with E-state index in [9.17, 15) is 14.9 Å². The van der Waals surface area contributed by atoms with Gasteiger partial charge in [0.2, 0.25) is 0 Å².